The van der Waals surface area contributed by atoms with Crippen LogP contribution in [0.4, 0.5) is 11.4 Å². The summed E-state index contributed by atoms with van der Waals surface area (Å²) in [6.45, 7) is 6.45. The van der Waals surface area contributed by atoms with Crippen molar-refractivity contribution < 1.29 is 13.9 Å². The fourth-order valence-electron chi connectivity index (χ4n) is 10.8. The van der Waals surface area contributed by atoms with Gasteiger partial charge in [-0.1, -0.05) is 146 Å². The number of allylic oxidation sites excluding steroid dienone is 3. The van der Waals surface area contributed by atoms with Crippen molar-refractivity contribution in [2.75, 3.05) is 13.7 Å². The van der Waals surface area contributed by atoms with Gasteiger partial charge in [-0.05, 0) is 108 Å². The molecule has 0 aliphatic carbocycles. The molecule has 0 amide bonds. The van der Waals surface area contributed by atoms with Gasteiger partial charge < -0.3 is 4.74 Å². The molecule has 0 spiro atoms. The molecule has 0 N–H and O–H groups in total. The molecule has 4 heterocycles. The summed E-state index contributed by atoms with van der Waals surface area (Å²) in [6.07, 6.45) is 17.1. The van der Waals surface area contributed by atoms with Gasteiger partial charge in [0, 0.05) is 59.3 Å². The maximum Gasteiger partial charge on any atom is 0.210 e. The molecule has 0 saturated carbocycles. The maximum absolute atomic E-state index is 5.70. The van der Waals surface area contributed by atoms with E-state index < -0.39 is 0 Å². The van der Waals surface area contributed by atoms with Gasteiger partial charge in [0.1, 0.15) is 7.05 Å². The molecule has 324 valence electrons. The molecular formula is C62H57N3O+2. The van der Waals surface area contributed by atoms with Crippen molar-refractivity contribution in [2.45, 2.75) is 56.9 Å². The number of aromatic nitrogens is 1. The second-order valence-corrected chi connectivity index (χ2v) is 18.3. The summed E-state index contributed by atoms with van der Waals surface area (Å²) in [4.78, 5) is 4.75. The highest BCUT2D eigenvalue weighted by atomic mass is 16.5. The molecule has 0 bridgehead atoms. The third kappa shape index (κ3) is 8.36. The standard InChI is InChI=1S/C34H29N2.C28H28NO/c1-34(24-29-17-10-11-23-35-29)32(22-19-26-12-4-2-5-13-26)36(25-27-14-6-3-7-15-27)31-21-20-28-16-8-9-18-30(28)33(31)34;1-28(19-22-11-8-18-30-20-22)26(17-14-21-9-4-3-5-10-21)29(2)25-16-15-23-12-6-7-13-24(23)27(25)28/h2-23H,24-25H2,1H3;3-7,9-10,12-17,20H,8,11,18-19H2,1-2H3/q2*+1/b22-19+;17-14+. The number of benzene rings is 7. The number of rotatable bonds is 10. The van der Waals surface area contributed by atoms with E-state index in [1.54, 1.807) is 0 Å². The monoisotopic (exact) mass is 859 g/mol. The third-order valence-corrected chi connectivity index (χ3v) is 13.9. The molecular weight excluding hydrogens is 803 g/mol. The van der Waals surface area contributed by atoms with Crippen LogP contribution in [0, 0.1) is 0 Å². The average molecular weight is 860 g/mol. The second-order valence-electron chi connectivity index (χ2n) is 18.3. The summed E-state index contributed by atoms with van der Waals surface area (Å²) >= 11 is 0. The van der Waals surface area contributed by atoms with E-state index in [-0.39, 0.29) is 10.8 Å². The minimum Gasteiger partial charge on any atom is -0.501 e. The van der Waals surface area contributed by atoms with Gasteiger partial charge in [-0.15, -0.1) is 0 Å². The van der Waals surface area contributed by atoms with Gasteiger partial charge in [0.15, 0.2) is 18.0 Å². The van der Waals surface area contributed by atoms with Crippen LogP contribution >= 0.6 is 0 Å². The molecule has 3 aliphatic rings. The van der Waals surface area contributed by atoms with E-state index in [1.807, 2.05) is 18.5 Å². The Morgan fingerprint density at radius 2 is 1.09 bits per heavy atom. The Balaban J connectivity index is 0.000000158. The highest BCUT2D eigenvalue weighted by Gasteiger charge is 2.50. The van der Waals surface area contributed by atoms with E-state index in [9.17, 15) is 0 Å². The van der Waals surface area contributed by atoms with E-state index in [4.69, 9.17) is 9.72 Å². The molecule has 7 aromatic carbocycles. The molecule has 4 nitrogen and oxygen atoms in total. The lowest BCUT2D eigenvalue weighted by Gasteiger charge is -2.26. The highest BCUT2D eigenvalue weighted by Crippen LogP contribution is 2.49. The van der Waals surface area contributed by atoms with Crippen LogP contribution in [0.1, 0.15) is 66.6 Å². The molecule has 3 aliphatic heterocycles. The van der Waals surface area contributed by atoms with E-state index in [2.05, 4.69) is 230 Å². The molecule has 8 aromatic rings. The van der Waals surface area contributed by atoms with Crippen molar-refractivity contribution in [3.8, 4) is 0 Å². The van der Waals surface area contributed by atoms with Gasteiger partial charge in [-0.25, -0.2) is 0 Å². The number of fused-ring (bicyclic) bond motifs is 6. The Bertz CT molecular complexity index is 3180. The van der Waals surface area contributed by atoms with Gasteiger partial charge >= 0.3 is 0 Å². The van der Waals surface area contributed by atoms with E-state index in [0.29, 0.717) is 0 Å². The molecule has 0 radical (unpaired) electrons. The van der Waals surface area contributed by atoms with Crippen LogP contribution in [0.3, 0.4) is 0 Å². The topological polar surface area (TPSA) is 28.1 Å². The smallest absolute Gasteiger partial charge is 0.210 e. The van der Waals surface area contributed by atoms with Crippen molar-refractivity contribution in [3.63, 3.8) is 0 Å². The van der Waals surface area contributed by atoms with Crippen molar-refractivity contribution >= 4 is 56.5 Å². The molecule has 0 saturated heterocycles. The predicted molar refractivity (Wildman–Crippen MR) is 275 cm³/mol. The minimum absolute atomic E-state index is 0.108. The Hall–Kier alpha value is -7.43. The number of hydrogen-bond donors (Lipinski definition) is 0. The summed E-state index contributed by atoms with van der Waals surface area (Å²) in [7, 11) is 2.20. The number of ether oxygens (including phenoxy) is 1. The molecule has 1 aromatic heterocycles. The van der Waals surface area contributed by atoms with E-state index in [0.717, 1.165) is 44.5 Å². The van der Waals surface area contributed by atoms with E-state index >= 15 is 0 Å². The van der Waals surface area contributed by atoms with Crippen molar-refractivity contribution in [1.29, 1.82) is 0 Å². The lowest BCUT2D eigenvalue weighted by atomic mass is 9.72. The summed E-state index contributed by atoms with van der Waals surface area (Å²) < 4.78 is 10.6. The quantitative estimate of drug-likeness (QED) is 0.128. The summed E-state index contributed by atoms with van der Waals surface area (Å²) in [5, 5.41) is 5.24. The van der Waals surface area contributed by atoms with Gasteiger partial charge in [-0.2, -0.15) is 9.15 Å². The lowest BCUT2D eigenvalue weighted by molar-refractivity contribution is -0.455. The van der Waals surface area contributed by atoms with Crippen LogP contribution in [-0.2, 0) is 28.5 Å². The molecule has 2 unspecified atom stereocenters. The zero-order valence-corrected chi connectivity index (χ0v) is 38.3. The number of hydrogen-bond acceptors (Lipinski definition) is 2. The van der Waals surface area contributed by atoms with E-state index in [1.165, 1.54) is 77.7 Å². The third-order valence-electron chi connectivity index (χ3n) is 13.9. The van der Waals surface area contributed by atoms with Crippen molar-refractivity contribution in [3.05, 3.63) is 246 Å². The first-order valence-corrected chi connectivity index (χ1v) is 23.4. The first-order valence-electron chi connectivity index (χ1n) is 23.4. The van der Waals surface area contributed by atoms with Gasteiger partial charge in [0.05, 0.1) is 23.7 Å². The van der Waals surface area contributed by atoms with Crippen LogP contribution in [0.5, 0.6) is 0 Å². The molecule has 2 atom stereocenters. The highest BCUT2D eigenvalue weighted by molar-refractivity contribution is 6.11. The van der Waals surface area contributed by atoms with Crippen LogP contribution in [0.25, 0.3) is 33.7 Å². The molecule has 66 heavy (non-hydrogen) atoms. The number of pyridine rings is 1. The fraction of sp³-hybridized carbons (Fsp3) is 0.177. The van der Waals surface area contributed by atoms with Crippen LogP contribution in [-0.4, -0.2) is 39.2 Å². The summed E-state index contributed by atoms with van der Waals surface area (Å²) in [5.41, 5.74) is 13.9. The first kappa shape index (κ1) is 42.5. The lowest BCUT2D eigenvalue weighted by Crippen LogP contribution is -2.34. The predicted octanol–water partition coefficient (Wildman–Crippen LogP) is 14.4. The zero-order chi connectivity index (χ0) is 44.9. The van der Waals surface area contributed by atoms with Crippen molar-refractivity contribution in [1.82, 2.24) is 4.98 Å². The molecule has 0 fully saturated rings. The maximum atomic E-state index is 5.70. The normalized spacial score (nSPS) is 18.9. The Labute approximate surface area is 389 Å². The average Bonchev–Trinajstić information content (AvgIpc) is 3.73. The second kappa shape index (κ2) is 18.6. The van der Waals surface area contributed by atoms with Gasteiger partial charge in [0.25, 0.3) is 0 Å². The van der Waals surface area contributed by atoms with Gasteiger partial charge in [0.2, 0.25) is 11.4 Å². The Morgan fingerprint density at radius 1 is 0.545 bits per heavy atom. The summed E-state index contributed by atoms with van der Waals surface area (Å²) in [6, 6.07) is 64.8. The Kier molecular flexibility index (Phi) is 12.0. The largest absolute Gasteiger partial charge is 0.501 e. The van der Waals surface area contributed by atoms with Crippen LogP contribution < -0.4 is 0 Å². The van der Waals surface area contributed by atoms with Crippen LogP contribution in [0.2, 0.25) is 0 Å². The molecule has 11 rings (SSSR count). The minimum atomic E-state index is -0.245. The van der Waals surface area contributed by atoms with Crippen molar-refractivity contribution in [2.24, 2.45) is 0 Å². The zero-order valence-electron chi connectivity index (χ0n) is 38.3. The summed E-state index contributed by atoms with van der Waals surface area (Å²) in [5.74, 6) is 0. The van der Waals surface area contributed by atoms with Gasteiger partial charge in [-0.3, -0.25) is 4.98 Å². The van der Waals surface area contributed by atoms with Crippen LogP contribution in [0.15, 0.2) is 212 Å². The number of nitrogens with zero attached hydrogens (tertiary/aromatic N) is 3. The SMILES string of the molecule is CC1(Cc2ccccn2)C(/C=C/c2ccccc2)=[N+](Cc2ccccc2)c2ccc3ccccc3c21.C[N+]1=C(/C=C/c2ccccc2)C(C)(CC2=COCCC2)c2c1ccc1ccccc21. The first-order chi connectivity index (χ1) is 32.4. The molecule has 4 heteroatoms. The fourth-order valence-corrected chi connectivity index (χ4v) is 10.8. The Morgan fingerprint density at radius 3 is 1.70 bits per heavy atom.